The lowest BCUT2D eigenvalue weighted by Gasteiger charge is -2.07. The molecule has 0 spiro atoms. The van der Waals surface area contributed by atoms with Crippen molar-refractivity contribution in [2.75, 3.05) is 0 Å². The molecule has 0 heterocycles. The summed E-state index contributed by atoms with van der Waals surface area (Å²) >= 11 is 13.2. The summed E-state index contributed by atoms with van der Waals surface area (Å²) in [7, 11) is 0. The lowest BCUT2D eigenvalue weighted by Crippen LogP contribution is -1.97. The monoisotopic (exact) mass is 341 g/mol. The van der Waals surface area contributed by atoms with E-state index >= 15 is 0 Å². The second-order valence-electron chi connectivity index (χ2n) is 4.15. The van der Waals surface area contributed by atoms with Crippen LogP contribution in [0, 0.1) is 10.1 Å². The Morgan fingerprint density at radius 2 is 1.81 bits per heavy atom. The number of nitro benzene ring substituents is 1. The van der Waals surface area contributed by atoms with Crippen molar-refractivity contribution >= 4 is 46.4 Å². The maximum atomic E-state index is 11.3. The van der Waals surface area contributed by atoms with Gasteiger partial charge in [-0.15, -0.1) is 0 Å². The first-order valence-electron chi connectivity index (χ1n) is 5.81. The molecule has 21 heavy (non-hydrogen) atoms. The largest absolute Gasteiger partial charge is 0.295 e. The van der Waals surface area contributed by atoms with Crippen LogP contribution in [0.1, 0.15) is 17.3 Å². The molecule has 0 aliphatic rings. The SMILES string of the molecule is CC(=O)c1ccc(Sc2c(Cl)cccc2Cl)c([N+](=O)[O-])c1. The van der Waals surface area contributed by atoms with Gasteiger partial charge in [-0.25, -0.2) is 0 Å². The molecule has 0 radical (unpaired) electrons. The van der Waals surface area contributed by atoms with Crippen LogP contribution in [-0.2, 0) is 0 Å². The highest BCUT2D eigenvalue weighted by Gasteiger charge is 2.19. The van der Waals surface area contributed by atoms with Crippen LogP contribution in [0.15, 0.2) is 46.2 Å². The molecule has 0 amide bonds. The van der Waals surface area contributed by atoms with Crippen LogP contribution >= 0.6 is 35.0 Å². The summed E-state index contributed by atoms with van der Waals surface area (Å²) in [6.45, 7) is 1.36. The minimum Gasteiger partial charge on any atom is -0.295 e. The van der Waals surface area contributed by atoms with E-state index in [1.807, 2.05) is 0 Å². The van der Waals surface area contributed by atoms with Crippen LogP contribution < -0.4 is 0 Å². The first-order valence-corrected chi connectivity index (χ1v) is 7.38. The van der Waals surface area contributed by atoms with Crippen molar-refractivity contribution in [2.45, 2.75) is 16.7 Å². The van der Waals surface area contributed by atoms with Gasteiger partial charge in [0.05, 0.1) is 19.9 Å². The Kier molecular flexibility index (Phi) is 4.88. The van der Waals surface area contributed by atoms with Gasteiger partial charge in [0.15, 0.2) is 5.78 Å². The van der Waals surface area contributed by atoms with E-state index in [9.17, 15) is 14.9 Å². The van der Waals surface area contributed by atoms with Crippen molar-refractivity contribution in [3.05, 3.63) is 62.1 Å². The van der Waals surface area contributed by atoms with E-state index < -0.39 is 4.92 Å². The van der Waals surface area contributed by atoms with Crippen LogP contribution in [0.2, 0.25) is 10.0 Å². The van der Waals surface area contributed by atoms with Crippen molar-refractivity contribution in [1.29, 1.82) is 0 Å². The summed E-state index contributed by atoms with van der Waals surface area (Å²) in [6.07, 6.45) is 0. The van der Waals surface area contributed by atoms with Crippen molar-refractivity contribution in [1.82, 2.24) is 0 Å². The summed E-state index contributed by atoms with van der Waals surface area (Å²) in [5, 5.41) is 12.0. The van der Waals surface area contributed by atoms with Gasteiger partial charge in [-0.05, 0) is 31.2 Å². The van der Waals surface area contributed by atoms with Gasteiger partial charge in [-0.3, -0.25) is 14.9 Å². The fraction of sp³-hybridized carbons (Fsp3) is 0.0714. The first kappa shape index (κ1) is 15.8. The molecule has 0 bridgehead atoms. The molecular formula is C14H9Cl2NO3S. The molecule has 0 unspecified atom stereocenters. The highest BCUT2D eigenvalue weighted by molar-refractivity contribution is 7.99. The molecular weight excluding hydrogens is 333 g/mol. The molecule has 0 saturated heterocycles. The number of ketones is 1. The fourth-order valence-electron chi connectivity index (χ4n) is 1.66. The normalized spacial score (nSPS) is 10.4. The minimum absolute atomic E-state index is 0.149. The second kappa shape index (κ2) is 6.47. The summed E-state index contributed by atoms with van der Waals surface area (Å²) in [5.74, 6) is -0.231. The van der Waals surface area contributed by atoms with Crippen LogP contribution in [0.3, 0.4) is 0 Å². The summed E-state index contributed by atoms with van der Waals surface area (Å²) in [6, 6.07) is 9.34. The third kappa shape index (κ3) is 3.56. The molecule has 0 aliphatic heterocycles. The Balaban J connectivity index is 2.49. The Morgan fingerprint density at radius 3 is 2.33 bits per heavy atom. The number of Topliss-reactive ketones (excluding diaryl/α,β-unsaturated/α-hetero) is 1. The Bertz CT molecular complexity index is 714. The van der Waals surface area contributed by atoms with Crippen LogP contribution in [0.25, 0.3) is 0 Å². The molecule has 2 aromatic rings. The molecule has 0 N–H and O–H groups in total. The number of hydrogen-bond acceptors (Lipinski definition) is 4. The van der Waals surface area contributed by atoms with Gasteiger partial charge in [-0.2, -0.15) is 0 Å². The van der Waals surface area contributed by atoms with E-state index in [1.165, 1.54) is 19.1 Å². The molecule has 7 heteroatoms. The number of halogens is 2. The predicted octanol–water partition coefficient (Wildman–Crippen LogP) is 5.26. The molecule has 0 aromatic heterocycles. The zero-order valence-electron chi connectivity index (χ0n) is 10.8. The smallest absolute Gasteiger partial charge is 0.283 e. The Labute approximate surface area is 135 Å². The Hall–Kier alpha value is -1.56. The average Bonchev–Trinajstić information content (AvgIpc) is 2.42. The number of carbonyl (C=O) groups excluding carboxylic acids is 1. The number of hydrogen-bond donors (Lipinski definition) is 0. The summed E-state index contributed by atoms with van der Waals surface area (Å²) in [5.41, 5.74) is 0.139. The van der Waals surface area contributed by atoms with Gasteiger partial charge in [0, 0.05) is 16.5 Å². The zero-order chi connectivity index (χ0) is 15.6. The van der Waals surface area contributed by atoms with E-state index in [0.29, 0.717) is 19.8 Å². The van der Waals surface area contributed by atoms with E-state index in [1.54, 1.807) is 24.3 Å². The van der Waals surface area contributed by atoms with Gasteiger partial charge in [-0.1, -0.05) is 41.0 Å². The van der Waals surface area contributed by atoms with Crippen molar-refractivity contribution in [3.8, 4) is 0 Å². The molecule has 0 saturated carbocycles. The van der Waals surface area contributed by atoms with Crippen molar-refractivity contribution in [3.63, 3.8) is 0 Å². The van der Waals surface area contributed by atoms with Crippen molar-refractivity contribution in [2.24, 2.45) is 0 Å². The third-order valence-corrected chi connectivity index (χ3v) is 4.76. The second-order valence-corrected chi connectivity index (χ2v) is 6.02. The highest BCUT2D eigenvalue weighted by atomic mass is 35.5. The molecule has 0 fully saturated rings. The number of rotatable bonds is 4. The van der Waals surface area contributed by atoms with Gasteiger partial charge in [0.25, 0.3) is 5.69 Å². The first-order chi connectivity index (χ1) is 9.90. The molecule has 0 atom stereocenters. The fourth-order valence-corrected chi connectivity index (χ4v) is 3.21. The van der Waals surface area contributed by atoms with Gasteiger partial charge < -0.3 is 0 Å². The third-order valence-electron chi connectivity index (χ3n) is 2.69. The molecule has 108 valence electrons. The standard InChI is InChI=1S/C14H9Cl2NO3S/c1-8(18)9-5-6-13(12(7-9)17(19)20)21-14-10(15)3-2-4-11(14)16/h2-7H,1H3. The number of carbonyl (C=O) groups is 1. The molecule has 4 nitrogen and oxygen atoms in total. The van der Waals surface area contributed by atoms with Gasteiger partial charge in [0.1, 0.15) is 0 Å². The number of nitrogens with zero attached hydrogens (tertiary/aromatic N) is 1. The van der Waals surface area contributed by atoms with Crippen LogP contribution in [0.5, 0.6) is 0 Å². The predicted molar refractivity (Wildman–Crippen MR) is 83.7 cm³/mol. The minimum atomic E-state index is -0.528. The highest BCUT2D eigenvalue weighted by Crippen LogP contribution is 2.42. The van der Waals surface area contributed by atoms with Crippen LogP contribution in [0.4, 0.5) is 5.69 Å². The maximum Gasteiger partial charge on any atom is 0.283 e. The zero-order valence-corrected chi connectivity index (χ0v) is 13.1. The van der Waals surface area contributed by atoms with E-state index in [0.717, 1.165) is 11.8 Å². The molecule has 2 rings (SSSR count). The quantitative estimate of drug-likeness (QED) is 0.432. The average molecular weight is 342 g/mol. The van der Waals surface area contributed by atoms with E-state index in [-0.39, 0.29) is 17.0 Å². The summed E-state index contributed by atoms with van der Waals surface area (Å²) < 4.78 is 0. The van der Waals surface area contributed by atoms with Crippen LogP contribution in [-0.4, -0.2) is 10.7 Å². The molecule has 2 aromatic carbocycles. The number of nitro groups is 1. The maximum absolute atomic E-state index is 11.3. The lowest BCUT2D eigenvalue weighted by atomic mass is 10.1. The number of benzene rings is 2. The topological polar surface area (TPSA) is 60.2 Å². The van der Waals surface area contributed by atoms with Crippen molar-refractivity contribution < 1.29 is 9.72 Å². The molecule has 0 aliphatic carbocycles. The lowest BCUT2D eigenvalue weighted by molar-refractivity contribution is -0.387. The Morgan fingerprint density at radius 1 is 1.19 bits per heavy atom. The van der Waals surface area contributed by atoms with Gasteiger partial charge in [0.2, 0.25) is 0 Å². The summed E-state index contributed by atoms with van der Waals surface area (Å²) in [4.78, 5) is 22.9. The van der Waals surface area contributed by atoms with E-state index in [4.69, 9.17) is 23.2 Å². The van der Waals surface area contributed by atoms with Gasteiger partial charge >= 0.3 is 0 Å². The van der Waals surface area contributed by atoms with E-state index in [2.05, 4.69) is 0 Å².